The van der Waals surface area contributed by atoms with Crippen LogP contribution in [0.15, 0.2) is 5.11 Å². The fraction of sp³-hybridized carbons (Fsp3) is 0.769. The van der Waals surface area contributed by atoms with Crippen LogP contribution in [0.3, 0.4) is 0 Å². The lowest BCUT2D eigenvalue weighted by Crippen LogP contribution is -2.49. The van der Waals surface area contributed by atoms with E-state index < -0.39 is 18.1 Å². The molecule has 2 amide bonds. The van der Waals surface area contributed by atoms with Crippen LogP contribution in [0, 0.1) is 16.9 Å². The molecule has 1 fully saturated rings. The first-order valence-corrected chi connectivity index (χ1v) is 6.96. The molecule has 3 N–H and O–H groups in total. The second-order valence-corrected chi connectivity index (χ2v) is 5.27. The SMILES string of the molecule is COC(C(C)C(=O)N[C@@H](C)C(=N)N=N)C1CCCN1C=O. The number of amides is 2. The van der Waals surface area contributed by atoms with E-state index in [1.54, 1.807) is 18.7 Å². The van der Waals surface area contributed by atoms with Crippen LogP contribution in [0.1, 0.15) is 26.7 Å². The van der Waals surface area contributed by atoms with Gasteiger partial charge in [-0.1, -0.05) is 6.92 Å². The number of rotatable bonds is 7. The second-order valence-electron chi connectivity index (χ2n) is 5.27. The average Bonchev–Trinajstić information content (AvgIpc) is 2.95. The number of likely N-dealkylation sites (tertiary alicyclic amines) is 1. The average molecular weight is 297 g/mol. The molecule has 0 bridgehead atoms. The third kappa shape index (κ3) is 4.07. The van der Waals surface area contributed by atoms with Crippen molar-refractivity contribution in [3.8, 4) is 0 Å². The summed E-state index contributed by atoms with van der Waals surface area (Å²) in [4.78, 5) is 24.9. The van der Waals surface area contributed by atoms with Crippen molar-refractivity contribution in [3.63, 3.8) is 0 Å². The quantitative estimate of drug-likeness (QED) is 0.279. The summed E-state index contributed by atoms with van der Waals surface area (Å²) < 4.78 is 5.44. The maximum atomic E-state index is 12.2. The van der Waals surface area contributed by atoms with Crippen molar-refractivity contribution < 1.29 is 14.3 Å². The van der Waals surface area contributed by atoms with E-state index in [9.17, 15) is 9.59 Å². The lowest BCUT2D eigenvalue weighted by Gasteiger charge is -2.32. The molecule has 1 rings (SSSR count). The molecule has 4 atom stereocenters. The van der Waals surface area contributed by atoms with E-state index in [2.05, 4.69) is 10.4 Å². The fourth-order valence-corrected chi connectivity index (χ4v) is 2.65. The predicted octanol–water partition coefficient (Wildman–Crippen LogP) is 0.771. The van der Waals surface area contributed by atoms with E-state index in [4.69, 9.17) is 15.7 Å². The van der Waals surface area contributed by atoms with Gasteiger partial charge < -0.3 is 15.0 Å². The fourth-order valence-electron chi connectivity index (χ4n) is 2.65. The van der Waals surface area contributed by atoms with Gasteiger partial charge in [-0.05, 0) is 19.8 Å². The van der Waals surface area contributed by atoms with E-state index in [0.29, 0.717) is 6.54 Å². The Morgan fingerprint density at radius 3 is 2.71 bits per heavy atom. The maximum Gasteiger partial charge on any atom is 0.226 e. The minimum Gasteiger partial charge on any atom is -0.378 e. The first kappa shape index (κ1) is 17.2. The highest BCUT2D eigenvalue weighted by Crippen LogP contribution is 2.25. The van der Waals surface area contributed by atoms with E-state index in [0.717, 1.165) is 19.3 Å². The number of carbonyl (C=O) groups excluding carboxylic acids is 2. The summed E-state index contributed by atoms with van der Waals surface area (Å²) in [6.45, 7) is 4.01. The first-order valence-electron chi connectivity index (χ1n) is 6.96. The lowest BCUT2D eigenvalue weighted by atomic mass is 9.95. The van der Waals surface area contributed by atoms with Gasteiger partial charge in [0.25, 0.3) is 0 Å². The number of hydrogen-bond donors (Lipinski definition) is 3. The van der Waals surface area contributed by atoms with E-state index in [1.165, 1.54) is 7.11 Å². The minimum absolute atomic E-state index is 0.108. The summed E-state index contributed by atoms with van der Waals surface area (Å²) in [5.74, 6) is -0.957. The Kier molecular flexibility index (Phi) is 6.41. The van der Waals surface area contributed by atoms with Gasteiger partial charge in [0.2, 0.25) is 12.3 Å². The monoisotopic (exact) mass is 297 g/mol. The molecule has 0 radical (unpaired) electrons. The Labute approximate surface area is 124 Å². The molecule has 0 spiro atoms. The summed E-state index contributed by atoms with van der Waals surface area (Å²) >= 11 is 0. The van der Waals surface area contributed by atoms with E-state index in [-0.39, 0.29) is 17.8 Å². The lowest BCUT2D eigenvalue weighted by molar-refractivity contribution is -0.133. The zero-order valence-corrected chi connectivity index (χ0v) is 12.6. The largest absolute Gasteiger partial charge is 0.378 e. The highest BCUT2D eigenvalue weighted by Gasteiger charge is 2.37. The van der Waals surface area contributed by atoms with Gasteiger partial charge in [-0.2, -0.15) is 0 Å². The molecule has 21 heavy (non-hydrogen) atoms. The Hall–Kier alpha value is -1.83. The molecule has 8 nitrogen and oxygen atoms in total. The number of nitrogens with one attached hydrogen (secondary N) is 3. The van der Waals surface area contributed by atoms with E-state index in [1.807, 2.05) is 0 Å². The molecule has 0 saturated carbocycles. The van der Waals surface area contributed by atoms with Gasteiger partial charge in [-0.15, -0.1) is 5.11 Å². The highest BCUT2D eigenvalue weighted by atomic mass is 16.5. The van der Waals surface area contributed by atoms with Crippen molar-refractivity contribution in [1.82, 2.24) is 10.2 Å². The van der Waals surface area contributed by atoms with Crippen molar-refractivity contribution in [2.45, 2.75) is 44.9 Å². The van der Waals surface area contributed by atoms with Crippen LogP contribution in [-0.4, -0.2) is 54.9 Å². The molecule has 1 aliphatic heterocycles. The third-order valence-corrected chi connectivity index (χ3v) is 3.92. The normalized spacial score (nSPS) is 22.2. The molecule has 0 aliphatic carbocycles. The number of hydrogen-bond acceptors (Lipinski definition) is 5. The van der Waals surface area contributed by atoms with Crippen molar-refractivity contribution in [2.75, 3.05) is 13.7 Å². The summed E-state index contributed by atoms with van der Waals surface area (Å²) in [6.07, 6.45) is 2.11. The van der Waals surface area contributed by atoms with Gasteiger partial charge in [0, 0.05) is 13.7 Å². The Balaban J connectivity index is 2.71. The zero-order valence-electron chi connectivity index (χ0n) is 12.6. The van der Waals surface area contributed by atoms with Gasteiger partial charge in [0.1, 0.15) is 0 Å². The van der Waals surface area contributed by atoms with Crippen molar-refractivity contribution >= 4 is 18.2 Å². The highest BCUT2D eigenvalue weighted by molar-refractivity contribution is 5.89. The zero-order chi connectivity index (χ0) is 16.0. The van der Waals surface area contributed by atoms with E-state index >= 15 is 0 Å². The van der Waals surface area contributed by atoms with Gasteiger partial charge in [0.05, 0.1) is 24.1 Å². The van der Waals surface area contributed by atoms with Crippen molar-refractivity contribution in [1.29, 1.82) is 10.9 Å². The Morgan fingerprint density at radius 2 is 2.19 bits per heavy atom. The van der Waals surface area contributed by atoms with Crippen LogP contribution in [0.2, 0.25) is 0 Å². The van der Waals surface area contributed by atoms with Crippen LogP contribution in [0.5, 0.6) is 0 Å². The van der Waals surface area contributed by atoms with Crippen LogP contribution in [-0.2, 0) is 14.3 Å². The molecule has 3 unspecified atom stereocenters. The minimum atomic E-state index is -0.624. The first-order chi connectivity index (χ1) is 9.96. The summed E-state index contributed by atoms with van der Waals surface area (Å²) in [6, 6.07) is -0.732. The van der Waals surface area contributed by atoms with Crippen LogP contribution < -0.4 is 5.32 Å². The summed E-state index contributed by atoms with van der Waals surface area (Å²) in [7, 11) is 1.53. The molecule has 0 aromatic heterocycles. The molecule has 0 aromatic carbocycles. The summed E-state index contributed by atoms with van der Waals surface area (Å²) in [5, 5.41) is 13.0. The molecule has 8 heteroatoms. The van der Waals surface area contributed by atoms with Crippen LogP contribution in [0.25, 0.3) is 0 Å². The Morgan fingerprint density at radius 1 is 1.52 bits per heavy atom. The Bertz CT molecular complexity index is 415. The summed E-state index contributed by atoms with van der Waals surface area (Å²) in [5.41, 5.74) is 6.78. The molecular formula is C13H23N5O3. The van der Waals surface area contributed by atoms with Crippen LogP contribution in [0.4, 0.5) is 0 Å². The predicted molar refractivity (Wildman–Crippen MR) is 76.2 cm³/mol. The van der Waals surface area contributed by atoms with Gasteiger partial charge in [-0.25, -0.2) is 5.53 Å². The number of carbonyl (C=O) groups is 2. The number of nitrogens with zero attached hydrogens (tertiary/aromatic N) is 2. The molecule has 1 heterocycles. The second kappa shape index (κ2) is 7.82. The molecule has 1 aliphatic rings. The standard InChI is InChI=1S/C13H23N5O3/c1-8(13(20)16-9(2)12(14)17-15)11(21-3)10-5-4-6-18(10)7-19/h7-11,14-15H,4-6H2,1-3H3,(H,16,20)/t8?,9-,10?,11?/m0/s1. The van der Waals surface area contributed by atoms with Gasteiger partial charge >= 0.3 is 0 Å². The van der Waals surface area contributed by atoms with Crippen LogP contribution >= 0.6 is 0 Å². The molecular weight excluding hydrogens is 274 g/mol. The topological polar surface area (TPSA) is 119 Å². The van der Waals surface area contributed by atoms with Crippen molar-refractivity contribution in [3.05, 3.63) is 0 Å². The smallest absolute Gasteiger partial charge is 0.226 e. The molecule has 0 aromatic rings. The maximum absolute atomic E-state index is 12.2. The molecule has 118 valence electrons. The molecule has 1 saturated heterocycles. The van der Waals surface area contributed by atoms with Crippen molar-refractivity contribution in [2.24, 2.45) is 11.0 Å². The number of ether oxygens (including phenoxy) is 1. The van der Waals surface area contributed by atoms with Gasteiger partial charge in [0.15, 0.2) is 5.84 Å². The number of amidine groups is 1. The third-order valence-electron chi connectivity index (χ3n) is 3.92. The van der Waals surface area contributed by atoms with Gasteiger partial charge in [-0.3, -0.25) is 15.0 Å². The number of methoxy groups -OCH3 is 1.